The molecule has 0 spiro atoms. The first kappa shape index (κ1) is 22.6. The Labute approximate surface area is 211 Å². The van der Waals surface area contributed by atoms with Crippen molar-refractivity contribution >= 4 is 34.4 Å². The van der Waals surface area contributed by atoms with Crippen molar-refractivity contribution in [2.45, 2.75) is 19.4 Å². The van der Waals surface area contributed by atoms with Gasteiger partial charge in [-0.2, -0.15) is 10.2 Å². The number of nitrogens with one attached hydrogen (secondary N) is 1. The normalized spacial score (nSPS) is 15.4. The average molecular weight is 500 g/mol. The molecule has 1 aliphatic rings. The van der Waals surface area contributed by atoms with Gasteiger partial charge in [-0.15, -0.1) is 0 Å². The molecule has 4 aromatic heterocycles. The van der Waals surface area contributed by atoms with Crippen molar-refractivity contribution in [3.05, 3.63) is 67.0 Å². The number of benzene rings is 1. The lowest BCUT2D eigenvalue weighted by atomic mass is 10.2. The van der Waals surface area contributed by atoms with Crippen molar-refractivity contribution in [3.8, 4) is 11.5 Å². The number of nitrogens with zero attached hydrogens (tertiary/aromatic N) is 8. The van der Waals surface area contributed by atoms with Gasteiger partial charge >= 0.3 is 6.09 Å². The third-order valence-corrected chi connectivity index (χ3v) is 6.70. The number of likely N-dealkylation sites (N-methyl/N-ethyl adjacent to an activating group) is 1. The molecule has 0 radical (unpaired) electrons. The summed E-state index contributed by atoms with van der Waals surface area (Å²) in [5.74, 6) is 2.07. The van der Waals surface area contributed by atoms with Gasteiger partial charge < -0.3 is 25.0 Å². The van der Waals surface area contributed by atoms with Crippen molar-refractivity contribution < 1.29 is 14.6 Å². The van der Waals surface area contributed by atoms with E-state index in [1.807, 2.05) is 49.5 Å². The smallest absolute Gasteiger partial charge is 0.407 e. The molecule has 12 nitrogen and oxygen atoms in total. The molecule has 12 heteroatoms. The third kappa shape index (κ3) is 4.22. The molecule has 37 heavy (non-hydrogen) atoms. The Bertz CT molecular complexity index is 1610. The number of rotatable bonds is 6. The molecule has 1 fully saturated rings. The van der Waals surface area contributed by atoms with Crippen LogP contribution in [-0.2, 0) is 0 Å². The Kier molecular flexibility index (Phi) is 5.48. The van der Waals surface area contributed by atoms with E-state index in [9.17, 15) is 9.90 Å². The van der Waals surface area contributed by atoms with E-state index >= 15 is 0 Å². The molecule has 188 valence electrons. The summed E-state index contributed by atoms with van der Waals surface area (Å²) in [5, 5.41) is 21.2. The zero-order valence-electron chi connectivity index (χ0n) is 20.3. The van der Waals surface area contributed by atoms with Crippen LogP contribution in [-0.4, -0.2) is 71.5 Å². The van der Waals surface area contributed by atoms with Gasteiger partial charge in [-0.1, -0.05) is 0 Å². The predicted octanol–water partition coefficient (Wildman–Crippen LogP) is 3.80. The van der Waals surface area contributed by atoms with Gasteiger partial charge in [0.1, 0.15) is 29.7 Å². The minimum atomic E-state index is -0.916. The fraction of sp³-hybridized carbons (Fsp3) is 0.240. The van der Waals surface area contributed by atoms with E-state index in [2.05, 4.69) is 30.4 Å². The Morgan fingerprint density at radius 2 is 1.92 bits per heavy atom. The maximum Gasteiger partial charge on any atom is 0.407 e. The Hall–Kier alpha value is -4.87. The van der Waals surface area contributed by atoms with E-state index in [4.69, 9.17) is 4.74 Å². The van der Waals surface area contributed by atoms with Crippen molar-refractivity contribution in [1.82, 2.24) is 34.1 Å². The summed E-state index contributed by atoms with van der Waals surface area (Å²) < 4.78 is 9.55. The highest BCUT2D eigenvalue weighted by Gasteiger charge is 2.30. The summed E-state index contributed by atoms with van der Waals surface area (Å²) >= 11 is 0. The van der Waals surface area contributed by atoms with Crippen LogP contribution in [0.5, 0.6) is 11.5 Å². The molecule has 1 saturated heterocycles. The van der Waals surface area contributed by atoms with Gasteiger partial charge in [0.2, 0.25) is 0 Å². The standard InChI is InChI=1S/C25H25N9O3/c1-16-11-17(3-4-21(16)37-19-6-9-33-22(12-19)26-14-28-33)30-24-23-20(7-10-34(23)29-15-27-24)32-8-5-18(13-32)31(2)25(35)36/h3-4,6-7,9-12,14-15,18H,5,8,13H2,1-2H3,(H,35,36)(H,27,29,30). The number of carboxylic acid groups (broad SMARTS) is 1. The topological polar surface area (TPSA) is 125 Å². The summed E-state index contributed by atoms with van der Waals surface area (Å²) in [4.78, 5) is 23.7. The summed E-state index contributed by atoms with van der Waals surface area (Å²) in [6.45, 7) is 3.35. The van der Waals surface area contributed by atoms with Gasteiger partial charge in [-0.3, -0.25) is 0 Å². The summed E-state index contributed by atoms with van der Waals surface area (Å²) in [6, 6.07) is 11.5. The maximum atomic E-state index is 11.4. The monoisotopic (exact) mass is 499 g/mol. The van der Waals surface area contributed by atoms with E-state index < -0.39 is 6.09 Å². The fourth-order valence-electron chi connectivity index (χ4n) is 4.68. The first-order chi connectivity index (χ1) is 18.0. The van der Waals surface area contributed by atoms with Crippen molar-refractivity contribution in [2.75, 3.05) is 30.4 Å². The summed E-state index contributed by atoms with van der Waals surface area (Å²) in [6.07, 6.45) is 6.56. The minimum absolute atomic E-state index is 0.0610. The number of aryl methyl sites for hydroxylation is 1. The van der Waals surface area contributed by atoms with E-state index in [1.165, 1.54) is 17.6 Å². The Morgan fingerprint density at radius 3 is 2.76 bits per heavy atom. The van der Waals surface area contributed by atoms with E-state index in [1.54, 1.807) is 22.3 Å². The SMILES string of the molecule is Cc1cc(Nc2ncnn3ccc(N4CCC(N(C)C(=O)O)C4)c23)ccc1Oc1ccn2ncnc2c1. The highest BCUT2D eigenvalue weighted by Crippen LogP contribution is 2.34. The van der Waals surface area contributed by atoms with E-state index in [-0.39, 0.29) is 6.04 Å². The Morgan fingerprint density at radius 1 is 1.11 bits per heavy atom. The lowest BCUT2D eigenvalue weighted by molar-refractivity contribution is 0.142. The van der Waals surface area contributed by atoms with Crippen LogP contribution in [0.4, 0.5) is 22.0 Å². The van der Waals surface area contributed by atoms with Crippen LogP contribution >= 0.6 is 0 Å². The van der Waals surface area contributed by atoms with Crippen LogP contribution in [0.2, 0.25) is 0 Å². The number of anilines is 3. The maximum absolute atomic E-state index is 11.4. The largest absolute Gasteiger partial charge is 0.465 e. The first-order valence-corrected chi connectivity index (χ1v) is 11.8. The predicted molar refractivity (Wildman–Crippen MR) is 137 cm³/mol. The highest BCUT2D eigenvalue weighted by atomic mass is 16.5. The second-order valence-electron chi connectivity index (χ2n) is 9.02. The van der Waals surface area contributed by atoms with Crippen LogP contribution in [0.1, 0.15) is 12.0 Å². The van der Waals surface area contributed by atoms with Crippen molar-refractivity contribution in [2.24, 2.45) is 0 Å². The van der Waals surface area contributed by atoms with Crippen LogP contribution in [0, 0.1) is 6.92 Å². The lowest BCUT2D eigenvalue weighted by Gasteiger charge is -2.23. The number of pyridine rings is 1. The molecule has 1 amide bonds. The molecule has 1 aliphatic heterocycles. The average Bonchev–Trinajstić information content (AvgIpc) is 3.64. The molecule has 0 saturated carbocycles. The van der Waals surface area contributed by atoms with Crippen LogP contribution in [0.25, 0.3) is 11.2 Å². The molecule has 1 unspecified atom stereocenters. The summed E-state index contributed by atoms with van der Waals surface area (Å²) in [7, 11) is 1.62. The molecule has 2 N–H and O–H groups in total. The number of ether oxygens (including phenoxy) is 1. The van der Waals surface area contributed by atoms with Crippen molar-refractivity contribution in [1.29, 1.82) is 0 Å². The van der Waals surface area contributed by atoms with E-state index in [0.717, 1.165) is 41.2 Å². The lowest BCUT2D eigenvalue weighted by Crippen LogP contribution is -2.38. The molecule has 0 bridgehead atoms. The quantitative estimate of drug-likeness (QED) is 0.359. The second kappa shape index (κ2) is 8.97. The van der Waals surface area contributed by atoms with Gasteiger partial charge in [-0.05, 0) is 49.2 Å². The first-order valence-electron chi connectivity index (χ1n) is 11.8. The number of hydrogen-bond acceptors (Lipinski definition) is 8. The van der Waals surface area contributed by atoms with Gasteiger partial charge in [0.05, 0.1) is 11.7 Å². The second-order valence-corrected chi connectivity index (χ2v) is 9.02. The number of amides is 1. The van der Waals surface area contributed by atoms with Crippen molar-refractivity contribution in [3.63, 3.8) is 0 Å². The number of carbonyl (C=O) groups is 1. The van der Waals surface area contributed by atoms with Crippen LogP contribution < -0.4 is 15.0 Å². The number of hydrogen-bond donors (Lipinski definition) is 2. The van der Waals surface area contributed by atoms with Crippen LogP contribution in [0.15, 0.2) is 61.4 Å². The van der Waals surface area contributed by atoms with E-state index in [0.29, 0.717) is 23.8 Å². The third-order valence-electron chi connectivity index (χ3n) is 6.70. The molecule has 5 aromatic rings. The molecule has 1 aromatic carbocycles. The molecule has 5 heterocycles. The molecule has 0 aliphatic carbocycles. The molecular weight excluding hydrogens is 474 g/mol. The zero-order valence-corrected chi connectivity index (χ0v) is 20.3. The number of aromatic nitrogens is 6. The molecule has 1 atom stereocenters. The zero-order chi connectivity index (χ0) is 25.5. The molecule has 6 rings (SSSR count). The summed E-state index contributed by atoms with van der Waals surface area (Å²) in [5.41, 5.74) is 4.32. The Balaban J connectivity index is 1.24. The minimum Gasteiger partial charge on any atom is -0.465 e. The highest BCUT2D eigenvalue weighted by molar-refractivity contribution is 5.86. The number of fused-ring (bicyclic) bond motifs is 2. The molecular formula is C25H25N9O3. The van der Waals surface area contributed by atoms with Gasteiger partial charge in [-0.25, -0.2) is 23.8 Å². The van der Waals surface area contributed by atoms with Gasteiger partial charge in [0.15, 0.2) is 11.5 Å². The van der Waals surface area contributed by atoms with Crippen LogP contribution in [0.3, 0.4) is 0 Å². The van der Waals surface area contributed by atoms with Gasteiger partial charge in [0, 0.05) is 44.3 Å². The fourth-order valence-corrected chi connectivity index (χ4v) is 4.68. The van der Waals surface area contributed by atoms with Gasteiger partial charge in [0.25, 0.3) is 0 Å².